The Morgan fingerprint density at radius 2 is 2.11 bits per heavy atom. The van der Waals surface area contributed by atoms with Crippen LogP contribution in [-0.4, -0.2) is 31.9 Å². The van der Waals surface area contributed by atoms with Gasteiger partial charge >= 0.3 is 5.97 Å². The van der Waals surface area contributed by atoms with Crippen molar-refractivity contribution in [2.45, 2.75) is 32.3 Å². The van der Waals surface area contributed by atoms with Crippen LogP contribution >= 0.6 is 0 Å². The summed E-state index contributed by atoms with van der Waals surface area (Å²) in [7, 11) is 0. The van der Waals surface area contributed by atoms with E-state index in [2.05, 4.69) is 0 Å². The Hall–Kier alpha value is -1.55. The van der Waals surface area contributed by atoms with E-state index in [1.807, 2.05) is 31.2 Å². The minimum Gasteiger partial charge on any atom is -0.482 e. The Morgan fingerprint density at radius 1 is 1.32 bits per heavy atom. The maximum Gasteiger partial charge on any atom is 0.344 e. The second-order valence-electron chi connectivity index (χ2n) is 4.77. The topological polar surface area (TPSA) is 44.8 Å². The lowest BCUT2D eigenvalue weighted by Gasteiger charge is -2.22. The number of hydrogen-bond acceptors (Lipinski definition) is 4. The van der Waals surface area contributed by atoms with Crippen molar-refractivity contribution < 1.29 is 19.0 Å². The predicted molar refractivity (Wildman–Crippen MR) is 71.2 cm³/mol. The molecule has 0 amide bonds. The van der Waals surface area contributed by atoms with Gasteiger partial charge in [-0.25, -0.2) is 4.79 Å². The molecule has 0 aliphatic carbocycles. The minimum absolute atomic E-state index is 0.0528. The summed E-state index contributed by atoms with van der Waals surface area (Å²) >= 11 is 0. The fourth-order valence-corrected chi connectivity index (χ4v) is 1.94. The standard InChI is InChI=1S/C15H20O4/c1-12-5-7-13(8-6-12)18-11-15(16)19-10-14-4-2-3-9-17-14/h5-8,14H,2-4,9-11H2,1H3. The van der Waals surface area contributed by atoms with Gasteiger partial charge < -0.3 is 14.2 Å². The van der Waals surface area contributed by atoms with Crippen LogP contribution in [0.15, 0.2) is 24.3 Å². The van der Waals surface area contributed by atoms with E-state index < -0.39 is 0 Å². The van der Waals surface area contributed by atoms with Gasteiger partial charge in [-0.2, -0.15) is 0 Å². The van der Waals surface area contributed by atoms with Crippen molar-refractivity contribution >= 4 is 5.97 Å². The normalized spacial score (nSPS) is 18.9. The molecule has 0 saturated carbocycles. The molecule has 0 N–H and O–H groups in total. The van der Waals surface area contributed by atoms with Crippen molar-refractivity contribution in [3.8, 4) is 5.75 Å². The molecule has 1 saturated heterocycles. The second kappa shape index (κ2) is 7.14. The van der Waals surface area contributed by atoms with Gasteiger partial charge in [0.1, 0.15) is 12.4 Å². The van der Waals surface area contributed by atoms with Crippen LogP contribution in [-0.2, 0) is 14.3 Å². The highest BCUT2D eigenvalue weighted by Gasteiger charge is 2.16. The molecule has 0 spiro atoms. The number of carbonyl (C=O) groups excluding carboxylic acids is 1. The first-order valence-corrected chi connectivity index (χ1v) is 6.71. The van der Waals surface area contributed by atoms with Crippen LogP contribution in [0.1, 0.15) is 24.8 Å². The van der Waals surface area contributed by atoms with Crippen molar-refractivity contribution in [2.75, 3.05) is 19.8 Å². The molecule has 4 heteroatoms. The maximum atomic E-state index is 11.5. The molecule has 0 aromatic heterocycles. The summed E-state index contributed by atoms with van der Waals surface area (Å²) < 4.78 is 16.0. The molecule has 1 heterocycles. The fraction of sp³-hybridized carbons (Fsp3) is 0.533. The zero-order valence-electron chi connectivity index (χ0n) is 11.3. The van der Waals surface area contributed by atoms with Crippen molar-refractivity contribution in [3.63, 3.8) is 0 Å². The minimum atomic E-state index is -0.352. The molecule has 4 nitrogen and oxygen atoms in total. The summed E-state index contributed by atoms with van der Waals surface area (Å²) in [6.45, 7) is 3.04. The number of rotatable bonds is 5. The average Bonchev–Trinajstić information content (AvgIpc) is 2.45. The molecule has 0 bridgehead atoms. The van der Waals surface area contributed by atoms with Gasteiger partial charge in [0.15, 0.2) is 6.61 Å². The van der Waals surface area contributed by atoms with E-state index in [1.54, 1.807) is 0 Å². The van der Waals surface area contributed by atoms with E-state index >= 15 is 0 Å². The Kier molecular flexibility index (Phi) is 5.21. The molecule has 0 radical (unpaired) electrons. The zero-order chi connectivity index (χ0) is 13.5. The van der Waals surface area contributed by atoms with Crippen LogP contribution in [0.3, 0.4) is 0 Å². The first kappa shape index (κ1) is 13.9. The van der Waals surface area contributed by atoms with Gasteiger partial charge in [-0.05, 0) is 38.3 Å². The van der Waals surface area contributed by atoms with E-state index in [1.165, 1.54) is 0 Å². The number of carbonyl (C=O) groups is 1. The van der Waals surface area contributed by atoms with Crippen molar-refractivity contribution in [3.05, 3.63) is 29.8 Å². The molecule has 1 aromatic carbocycles. The molecule has 1 fully saturated rings. The third-order valence-corrected chi connectivity index (χ3v) is 3.08. The molecule has 1 aromatic rings. The van der Waals surface area contributed by atoms with Gasteiger partial charge in [0.05, 0.1) is 6.10 Å². The average molecular weight is 264 g/mol. The third kappa shape index (κ3) is 4.91. The molecule has 2 rings (SSSR count). The molecule has 1 aliphatic rings. The first-order chi connectivity index (χ1) is 9.24. The largest absolute Gasteiger partial charge is 0.482 e. The van der Waals surface area contributed by atoms with E-state index in [-0.39, 0.29) is 18.7 Å². The molecular formula is C15H20O4. The number of esters is 1. The van der Waals surface area contributed by atoms with Crippen molar-refractivity contribution in [1.29, 1.82) is 0 Å². The lowest BCUT2D eigenvalue weighted by Crippen LogP contribution is -2.27. The summed E-state index contributed by atoms with van der Waals surface area (Å²) in [5.74, 6) is 0.325. The smallest absolute Gasteiger partial charge is 0.344 e. The van der Waals surface area contributed by atoms with Crippen LogP contribution in [0.25, 0.3) is 0 Å². The van der Waals surface area contributed by atoms with Gasteiger partial charge in [0.25, 0.3) is 0 Å². The van der Waals surface area contributed by atoms with Crippen LogP contribution < -0.4 is 4.74 Å². The van der Waals surface area contributed by atoms with Crippen LogP contribution in [0.2, 0.25) is 0 Å². The summed E-state index contributed by atoms with van der Waals surface area (Å²) in [5.41, 5.74) is 1.16. The van der Waals surface area contributed by atoms with E-state index in [0.29, 0.717) is 12.4 Å². The SMILES string of the molecule is Cc1ccc(OCC(=O)OCC2CCCCO2)cc1. The van der Waals surface area contributed by atoms with Gasteiger partial charge in [-0.1, -0.05) is 17.7 Å². The Balaban J connectivity index is 1.65. The van der Waals surface area contributed by atoms with E-state index in [9.17, 15) is 4.79 Å². The lowest BCUT2D eigenvalue weighted by atomic mass is 10.1. The molecule has 104 valence electrons. The van der Waals surface area contributed by atoms with Gasteiger partial charge in [0.2, 0.25) is 0 Å². The number of ether oxygens (including phenoxy) is 3. The van der Waals surface area contributed by atoms with Gasteiger partial charge in [-0.15, -0.1) is 0 Å². The number of benzene rings is 1. The molecular weight excluding hydrogens is 244 g/mol. The summed E-state index contributed by atoms with van der Waals surface area (Å²) in [6, 6.07) is 7.56. The van der Waals surface area contributed by atoms with Crippen molar-refractivity contribution in [2.24, 2.45) is 0 Å². The molecule has 19 heavy (non-hydrogen) atoms. The molecule has 1 atom stereocenters. The highest BCUT2D eigenvalue weighted by atomic mass is 16.6. The van der Waals surface area contributed by atoms with Crippen LogP contribution in [0.4, 0.5) is 0 Å². The predicted octanol–water partition coefficient (Wildman–Crippen LogP) is 2.49. The zero-order valence-corrected chi connectivity index (χ0v) is 11.3. The Labute approximate surface area is 113 Å². The van der Waals surface area contributed by atoms with Crippen LogP contribution in [0.5, 0.6) is 5.75 Å². The quantitative estimate of drug-likeness (QED) is 0.766. The maximum absolute atomic E-state index is 11.5. The highest BCUT2D eigenvalue weighted by molar-refractivity contribution is 5.71. The second-order valence-corrected chi connectivity index (χ2v) is 4.77. The van der Waals surface area contributed by atoms with E-state index in [4.69, 9.17) is 14.2 Å². The van der Waals surface area contributed by atoms with Gasteiger partial charge in [0, 0.05) is 6.61 Å². The third-order valence-electron chi connectivity index (χ3n) is 3.08. The van der Waals surface area contributed by atoms with Gasteiger partial charge in [-0.3, -0.25) is 0 Å². The van der Waals surface area contributed by atoms with Crippen molar-refractivity contribution in [1.82, 2.24) is 0 Å². The van der Waals surface area contributed by atoms with E-state index in [0.717, 1.165) is 31.4 Å². The Bertz CT molecular complexity index is 393. The highest BCUT2D eigenvalue weighted by Crippen LogP contribution is 2.13. The van der Waals surface area contributed by atoms with Crippen LogP contribution in [0, 0.1) is 6.92 Å². The Morgan fingerprint density at radius 3 is 2.79 bits per heavy atom. The monoisotopic (exact) mass is 264 g/mol. The summed E-state index contributed by atoms with van der Waals surface area (Å²) in [4.78, 5) is 11.5. The molecule has 1 unspecified atom stereocenters. The number of aryl methyl sites for hydroxylation is 1. The summed E-state index contributed by atoms with van der Waals surface area (Å²) in [5, 5.41) is 0. The number of hydrogen-bond donors (Lipinski definition) is 0. The fourth-order valence-electron chi connectivity index (χ4n) is 1.94. The summed E-state index contributed by atoms with van der Waals surface area (Å²) in [6.07, 6.45) is 3.26. The molecule has 1 aliphatic heterocycles. The first-order valence-electron chi connectivity index (χ1n) is 6.71. The lowest BCUT2D eigenvalue weighted by molar-refractivity contribution is -0.151.